The van der Waals surface area contributed by atoms with Gasteiger partial charge in [-0.15, -0.1) is 0 Å². The molecule has 4 rings (SSSR count). The first-order valence-electron chi connectivity index (χ1n) is 12.3. The van der Waals surface area contributed by atoms with Crippen LogP contribution in [0.4, 0.5) is 4.79 Å². The number of pyridine rings is 1. The van der Waals surface area contributed by atoms with Gasteiger partial charge in [-0.3, -0.25) is 14.7 Å². The fourth-order valence-corrected chi connectivity index (χ4v) is 4.55. The molecule has 4 aromatic rings. The van der Waals surface area contributed by atoms with E-state index in [9.17, 15) is 14.7 Å². The maximum Gasteiger partial charge on any atom is 0.407 e. The van der Waals surface area contributed by atoms with Crippen LogP contribution in [0, 0.1) is 13.8 Å². The van der Waals surface area contributed by atoms with Crippen molar-refractivity contribution in [3.63, 3.8) is 0 Å². The van der Waals surface area contributed by atoms with Crippen molar-refractivity contribution in [1.29, 1.82) is 0 Å². The highest BCUT2D eigenvalue weighted by atomic mass is 16.4. The predicted octanol–water partition coefficient (Wildman–Crippen LogP) is 6.02. The minimum absolute atomic E-state index is 0.164. The quantitative estimate of drug-likeness (QED) is 0.299. The number of aryl methyl sites for hydroxylation is 2. The van der Waals surface area contributed by atoms with Gasteiger partial charge in [0.2, 0.25) is 0 Å². The lowest BCUT2D eigenvalue weighted by Gasteiger charge is -2.24. The fraction of sp³-hybridized carbons (Fsp3) is 0.194. The van der Waals surface area contributed by atoms with Crippen molar-refractivity contribution in [2.75, 3.05) is 6.54 Å². The summed E-state index contributed by atoms with van der Waals surface area (Å²) in [4.78, 5) is 31.2. The molecular formula is C31H31N3O3. The highest BCUT2D eigenvalue weighted by Gasteiger charge is 2.21. The van der Waals surface area contributed by atoms with E-state index in [1.165, 1.54) is 4.90 Å². The van der Waals surface area contributed by atoms with Gasteiger partial charge in [0.15, 0.2) is 0 Å². The van der Waals surface area contributed by atoms with E-state index in [4.69, 9.17) is 0 Å². The highest BCUT2D eigenvalue weighted by Crippen LogP contribution is 2.34. The molecule has 0 bridgehead atoms. The van der Waals surface area contributed by atoms with Crippen LogP contribution in [0.15, 0.2) is 91.1 Å². The molecule has 0 aliphatic heterocycles. The summed E-state index contributed by atoms with van der Waals surface area (Å²) in [6.07, 6.45) is 1.39. The average molecular weight is 494 g/mol. The van der Waals surface area contributed by atoms with Crippen molar-refractivity contribution >= 4 is 12.0 Å². The average Bonchev–Trinajstić information content (AvgIpc) is 2.90. The molecule has 1 heterocycles. The van der Waals surface area contributed by atoms with Crippen LogP contribution in [0.3, 0.4) is 0 Å². The molecule has 0 fully saturated rings. The summed E-state index contributed by atoms with van der Waals surface area (Å²) in [5, 5.41) is 13.0. The van der Waals surface area contributed by atoms with Crippen molar-refractivity contribution in [2.45, 2.75) is 33.4 Å². The number of hydrogen-bond acceptors (Lipinski definition) is 3. The zero-order valence-corrected chi connectivity index (χ0v) is 21.1. The summed E-state index contributed by atoms with van der Waals surface area (Å²) in [5.74, 6) is -0.164. The minimum atomic E-state index is -0.992. The first-order valence-corrected chi connectivity index (χ1v) is 12.3. The molecule has 37 heavy (non-hydrogen) atoms. The Balaban J connectivity index is 1.64. The van der Waals surface area contributed by atoms with Crippen molar-refractivity contribution in [3.05, 3.63) is 125 Å². The van der Waals surface area contributed by atoms with Gasteiger partial charge in [0, 0.05) is 43.5 Å². The first kappa shape index (κ1) is 25.6. The number of carbonyl (C=O) groups is 2. The Morgan fingerprint density at radius 1 is 0.811 bits per heavy atom. The van der Waals surface area contributed by atoms with Crippen molar-refractivity contribution < 1.29 is 14.7 Å². The van der Waals surface area contributed by atoms with E-state index in [0.717, 1.165) is 39.1 Å². The van der Waals surface area contributed by atoms with Crippen LogP contribution in [0.5, 0.6) is 0 Å². The second-order valence-corrected chi connectivity index (χ2v) is 9.06. The van der Waals surface area contributed by atoms with E-state index in [1.807, 2.05) is 98.8 Å². The number of aromatic nitrogens is 1. The number of hydrogen-bond donors (Lipinski definition) is 2. The smallest absolute Gasteiger partial charge is 0.407 e. The van der Waals surface area contributed by atoms with Gasteiger partial charge in [-0.2, -0.15) is 0 Å². The third-order valence-corrected chi connectivity index (χ3v) is 6.37. The summed E-state index contributed by atoms with van der Waals surface area (Å²) in [7, 11) is 0. The molecular weight excluding hydrogens is 462 g/mol. The van der Waals surface area contributed by atoms with Crippen molar-refractivity contribution in [2.24, 2.45) is 0 Å². The molecule has 0 aliphatic rings. The molecule has 2 N–H and O–H groups in total. The zero-order chi connectivity index (χ0) is 26.2. The second-order valence-electron chi connectivity index (χ2n) is 9.06. The Morgan fingerprint density at radius 2 is 1.51 bits per heavy atom. The lowest BCUT2D eigenvalue weighted by atomic mass is 9.88. The van der Waals surface area contributed by atoms with Crippen LogP contribution >= 0.6 is 0 Å². The standard InChI is InChI=1S/C31H31N3O3/c1-22-10-8-14-25(21-34(31(36)37)20-24-12-4-3-5-13-24)28(22)29-23(2)11-9-16-27(29)30(35)33-19-17-26-15-6-7-18-32-26/h3-16,18H,17,19-21H2,1-2H3,(H,33,35)(H,36,37). The van der Waals surface area contributed by atoms with Gasteiger partial charge in [-0.1, -0.05) is 66.7 Å². The van der Waals surface area contributed by atoms with Crippen LogP contribution in [0.1, 0.15) is 38.3 Å². The number of nitrogens with one attached hydrogen (secondary N) is 1. The maximum absolute atomic E-state index is 13.3. The summed E-state index contributed by atoms with van der Waals surface area (Å²) >= 11 is 0. The van der Waals surface area contributed by atoms with Gasteiger partial charge in [-0.25, -0.2) is 4.79 Å². The lowest BCUT2D eigenvalue weighted by Crippen LogP contribution is -2.29. The van der Waals surface area contributed by atoms with Gasteiger partial charge in [0.25, 0.3) is 5.91 Å². The summed E-state index contributed by atoms with van der Waals surface area (Å²) in [6.45, 7) is 4.92. The lowest BCUT2D eigenvalue weighted by molar-refractivity contribution is 0.0954. The van der Waals surface area contributed by atoms with E-state index >= 15 is 0 Å². The molecule has 0 atom stereocenters. The largest absolute Gasteiger partial charge is 0.465 e. The van der Waals surface area contributed by atoms with Crippen LogP contribution in [-0.4, -0.2) is 33.5 Å². The van der Waals surface area contributed by atoms with E-state index < -0.39 is 6.09 Å². The molecule has 0 saturated heterocycles. The Morgan fingerprint density at radius 3 is 2.22 bits per heavy atom. The summed E-state index contributed by atoms with van der Waals surface area (Å²) in [6, 6.07) is 26.8. The van der Waals surface area contributed by atoms with Gasteiger partial charge in [0.1, 0.15) is 0 Å². The van der Waals surface area contributed by atoms with Crippen LogP contribution in [0.2, 0.25) is 0 Å². The van der Waals surface area contributed by atoms with Gasteiger partial charge in [-0.05, 0) is 65.4 Å². The second kappa shape index (κ2) is 12.0. The molecule has 6 heteroatoms. The van der Waals surface area contributed by atoms with Crippen LogP contribution in [-0.2, 0) is 19.5 Å². The van der Waals surface area contributed by atoms with E-state index in [0.29, 0.717) is 18.5 Å². The Labute approximate surface area is 217 Å². The molecule has 188 valence electrons. The number of nitrogens with zero attached hydrogens (tertiary/aromatic N) is 2. The molecule has 0 radical (unpaired) electrons. The molecule has 0 saturated carbocycles. The number of rotatable bonds is 9. The number of benzene rings is 3. The maximum atomic E-state index is 13.3. The Kier molecular flexibility index (Phi) is 8.31. The van der Waals surface area contributed by atoms with Gasteiger partial charge in [0.05, 0.1) is 0 Å². The third-order valence-electron chi connectivity index (χ3n) is 6.37. The zero-order valence-electron chi connectivity index (χ0n) is 21.1. The number of amides is 2. The highest BCUT2D eigenvalue weighted by molar-refractivity contribution is 6.02. The Bertz CT molecular complexity index is 1370. The van der Waals surface area contributed by atoms with E-state index in [2.05, 4.69) is 10.3 Å². The Hall–Kier alpha value is -4.45. The third kappa shape index (κ3) is 6.41. The van der Waals surface area contributed by atoms with Gasteiger partial charge >= 0.3 is 6.09 Å². The SMILES string of the molecule is Cc1cccc(CN(Cc2ccccc2)C(=O)O)c1-c1c(C)cccc1C(=O)NCCc1ccccn1. The molecule has 0 aliphatic carbocycles. The monoisotopic (exact) mass is 493 g/mol. The molecule has 0 unspecified atom stereocenters. The fourth-order valence-electron chi connectivity index (χ4n) is 4.55. The van der Waals surface area contributed by atoms with Crippen LogP contribution < -0.4 is 5.32 Å². The molecule has 2 amide bonds. The molecule has 1 aromatic heterocycles. The van der Waals surface area contributed by atoms with E-state index in [1.54, 1.807) is 6.20 Å². The predicted molar refractivity (Wildman–Crippen MR) is 145 cm³/mol. The van der Waals surface area contributed by atoms with Crippen molar-refractivity contribution in [1.82, 2.24) is 15.2 Å². The molecule has 6 nitrogen and oxygen atoms in total. The first-order chi connectivity index (χ1) is 17.9. The molecule has 0 spiro atoms. The number of carboxylic acid groups (broad SMARTS) is 1. The van der Waals surface area contributed by atoms with Crippen LogP contribution in [0.25, 0.3) is 11.1 Å². The summed E-state index contributed by atoms with van der Waals surface area (Å²) < 4.78 is 0. The van der Waals surface area contributed by atoms with Crippen molar-refractivity contribution in [3.8, 4) is 11.1 Å². The molecule has 3 aromatic carbocycles. The van der Waals surface area contributed by atoms with Gasteiger partial charge < -0.3 is 10.4 Å². The summed E-state index contributed by atoms with van der Waals surface area (Å²) in [5.41, 5.74) is 6.93. The normalized spacial score (nSPS) is 10.6. The minimum Gasteiger partial charge on any atom is -0.465 e. The van der Waals surface area contributed by atoms with E-state index in [-0.39, 0.29) is 19.0 Å². The topological polar surface area (TPSA) is 82.5 Å². The number of carbonyl (C=O) groups excluding carboxylic acids is 1.